The van der Waals surface area contributed by atoms with E-state index in [0.717, 1.165) is 11.1 Å². The summed E-state index contributed by atoms with van der Waals surface area (Å²) in [4.78, 5) is 24.5. The van der Waals surface area contributed by atoms with Gasteiger partial charge in [-0.05, 0) is 11.1 Å². The first kappa shape index (κ1) is 19.3. The van der Waals surface area contributed by atoms with Crippen LogP contribution in [0.2, 0.25) is 0 Å². The van der Waals surface area contributed by atoms with Gasteiger partial charge in [-0.15, -0.1) is 0 Å². The molecule has 7 nitrogen and oxygen atoms in total. The van der Waals surface area contributed by atoms with Gasteiger partial charge in [-0.25, -0.2) is 0 Å². The normalized spacial score (nSPS) is 11.6. The van der Waals surface area contributed by atoms with Crippen molar-refractivity contribution in [1.29, 1.82) is 0 Å². The molecule has 144 valence electrons. The summed E-state index contributed by atoms with van der Waals surface area (Å²) >= 11 is 0. The number of aliphatic hydroxyl groups is 1. The number of hydrogen-bond donors (Lipinski definition) is 3. The molecule has 0 aliphatic carbocycles. The number of benzene rings is 2. The zero-order valence-electron chi connectivity index (χ0n) is 15.5. The number of rotatable bonds is 7. The number of amides is 2. The topological polar surface area (TPSA) is 96.2 Å². The predicted octanol–water partition coefficient (Wildman–Crippen LogP) is 2.06. The maximum absolute atomic E-state index is 12.3. The number of aryl methyl sites for hydroxylation is 1. The minimum Gasteiger partial charge on any atom is -0.387 e. The molecule has 0 saturated carbocycles. The fourth-order valence-electron chi connectivity index (χ4n) is 2.74. The Bertz CT molecular complexity index is 939. The molecule has 0 aliphatic heterocycles. The Hall–Kier alpha value is -3.45. The van der Waals surface area contributed by atoms with E-state index in [1.54, 1.807) is 19.2 Å². The van der Waals surface area contributed by atoms with Crippen LogP contribution in [0.25, 0.3) is 0 Å². The summed E-state index contributed by atoms with van der Waals surface area (Å²) in [5.41, 5.74) is 1.78. The molecule has 1 unspecified atom stereocenters. The lowest BCUT2D eigenvalue weighted by Gasteiger charge is -2.11. The number of aromatic nitrogens is 2. The van der Waals surface area contributed by atoms with Crippen LogP contribution in [0.1, 0.15) is 27.7 Å². The van der Waals surface area contributed by atoms with Crippen LogP contribution < -0.4 is 10.6 Å². The molecule has 3 N–H and O–H groups in total. The lowest BCUT2D eigenvalue weighted by Crippen LogP contribution is -2.28. The van der Waals surface area contributed by atoms with Crippen LogP contribution in [0.15, 0.2) is 66.7 Å². The highest BCUT2D eigenvalue weighted by Crippen LogP contribution is 2.13. The van der Waals surface area contributed by atoms with E-state index >= 15 is 0 Å². The first-order valence-electron chi connectivity index (χ1n) is 8.92. The van der Waals surface area contributed by atoms with Crippen molar-refractivity contribution in [3.05, 3.63) is 83.6 Å². The average Bonchev–Trinajstić information content (AvgIpc) is 3.07. The van der Waals surface area contributed by atoms with Crippen LogP contribution in [0.3, 0.4) is 0 Å². The Morgan fingerprint density at radius 3 is 2.39 bits per heavy atom. The second-order valence-electron chi connectivity index (χ2n) is 6.39. The highest BCUT2D eigenvalue weighted by Gasteiger charge is 2.16. The second kappa shape index (κ2) is 8.96. The summed E-state index contributed by atoms with van der Waals surface area (Å²) in [5, 5.41) is 19.7. The Kier molecular flexibility index (Phi) is 6.18. The van der Waals surface area contributed by atoms with Crippen LogP contribution in [0, 0.1) is 0 Å². The molecule has 3 aromatic rings. The van der Waals surface area contributed by atoms with Crippen LogP contribution in [0.4, 0.5) is 5.82 Å². The molecule has 28 heavy (non-hydrogen) atoms. The molecule has 0 bridgehead atoms. The monoisotopic (exact) mass is 378 g/mol. The Balaban J connectivity index is 1.56. The molecule has 0 aliphatic rings. The average molecular weight is 378 g/mol. The predicted molar refractivity (Wildman–Crippen MR) is 106 cm³/mol. The van der Waals surface area contributed by atoms with Crippen LogP contribution >= 0.6 is 0 Å². The fraction of sp³-hybridized carbons (Fsp3) is 0.190. The lowest BCUT2D eigenvalue weighted by molar-refractivity contribution is -0.115. The molecule has 7 heteroatoms. The number of aliphatic hydroxyl groups excluding tert-OH is 1. The zero-order chi connectivity index (χ0) is 19.9. The quantitative estimate of drug-likeness (QED) is 0.586. The number of hydrogen-bond acceptors (Lipinski definition) is 4. The van der Waals surface area contributed by atoms with Gasteiger partial charge in [-0.2, -0.15) is 5.10 Å². The lowest BCUT2D eigenvalue weighted by atomic mass is 10.1. The molecule has 1 aromatic heterocycles. The number of carbonyl (C=O) groups is 2. The maximum atomic E-state index is 12.3. The van der Waals surface area contributed by atoms with Gasteiger partial charge in [0.05, 0.1) is 12.5 Å². The number of nitrogens with zero attached hydrogens (tertiary/aromatic N) is 2. The fourth-order valence-corrected chi connectivity index (χ4v) is 2.74. The van der Waals surface area contributed by atoms with Crippen molar-refractivity contribution in [1.82, 2.24) is 15.1 Å². The highest BCUT2D eigenvalue weighted by atomic mass is 16.3. The summed E-state index contributed by atoms with van der Waals surface area (Å²) in [6, 6.07) is 20.0. The molecule has 1 heterocycles. The van der Waals surface area contributed by atoms with Crippen molar-refractivity contribution in [2.75, 3.05) is 11.9 Å². The first-order valence-corrected chi connectivity index (χ1v) is 8.92. The van der Waals surface area contributed by atoms with Gasteiger partial charge in [0.25, 0.3) is 5.91 Å². The van der Waals surface area contributed by atoms with Gasteiger partial charge in [-0.1, -0.05) is 60.7 Å². The minimum atomic E-state index is -0.807. The van der Waals surface area contributed by atoms with E-state index in [-0.39, 0.29) is 24.6 Å². The van der Waals surface area contributed by atoms with Gasteiger partial charge in [0.15, 0.2) is 5.69 Å². The molecule has 0 fully saturated rings. The Labute approximate surface area is 163 Å². The third-order valence-electron chi connectivity index (χ3n) is 4.23. The van der Waals surface area contributed by atoms with Crippen molar-refractivity contribution in [2.45, 2.75) is 12.5 Å². The van der Waals surface area contributed by atoms with E-state index in [0.29, 0.717) is 5.82 Å². The molecule has 1 atom stereocenters. The van der Waals surface area contributed by atoms with E-state index in [2.05, 4.69) is 15.7 Å². The van der Waals surface area contributed by atoms with E-state index in [1.165, 1.54) is 10.7 Å². The van der Waals surface area contributed by atoms with Gasteiger partial charge in [-0.3, -0.25) is 14.3 Å². The van der Waals surface area contributed by atoms with Crippen molar-refractivity contribution in [3.63, 3.8) is 0 Å². The molecule has 2 amide bonds. The standard InChI is InChI=1S/C21H22N4O3/c1-25-19(23-20(27)12-15-8-4-2-5-9-15)13-17(24-25)21(28)22-14-18(26)16-10-6-3-7-11-16/h2-11,13,18,26H,12,14H2,1H3,(H,22,28)(H,23,27). The molecular weight excluding hydrogens is 356 g/mol. The third kappa shape index (κ3) is 5.05. The van der Waals surface area contributed by atoms with E-state index < -0.39 is 12.0 Å². The van der Waals surface area contributed by atoms with Crippen molar-refractivity contribution in [3.8, 4) is 0 Å². The van der Waals surface area contributed by atoms with Gasteiger partial charge < -0.3 is 15.7 Å². The van der Waals surface area contributed by atoms with Crippen molar-refractivity contribution >= 4 is 17.6 Å². The molecule has 0 saturated heterocycles. The van der Waals surface area contributed by atoms with Gasteiger partial charge in [0.1, 0.15) is 5.82 Å². The smallest absolute Gasteiger partial charge is 0.271 e. The zero-order valence-corrected chi connectivity index (χ0v) is 15.5. The van der Waals surface area contributed by atoms with Crippen LogP contribution in [-0.2, 0) is 18.3 Å². The highest BCUT2D eigenvalue weighted by molar-refractivity contribution is 5.96. The molecule has 0 radical (unpaired) electrons. The molecule has 3 rings (SSSR count). The summed E-state index contributed by atoms with van der Waals surface area (Å²) in [6.45, 7) is 0.0646. The third-order valence-corrected chi connectivity index (χ3v) is 4.23. The molecular formula is C21H22N4O3. The second-order valence-corrected chi connectivity index (χ2v) is 6.39. The first-order chi connectivity index (χ1) is 13.5. The van der Waals surface area contributed by atoms with Gasteiger partial charge in [0.2, 0.25) is 5.91 Å². The summed E-state index contributed by atoms with van der Waals surface area (Å²) < 4.78 is 1.44. The Morgan fingerprint density at radius 2 is 1.71 bits per heavy atom. The Morgan fingerprint density at radius 1 is 1.07 bits per heavy atom. The number of anilines is 1. The van der Waals surface area contributed by atoms with E-state index in [1.807, 2.05) is 48.5 Å². The molecule has 2 aromatic carbocycles. The van der Waals surface area contributed by atoms with Gasteiger partial charge >= 0.3 is 0 Å². The summed E-state index contributed by atoms with van der Waals surface area (Å²) in [5.74, 6) is -0.190. The largest absolute Gasteiger partial charge is 0.387 e. The van der Waals surface area contributed by atoms with Crippen molar-refractivity contribution in [2.24, 2.45) is 7.05 Å². The SMILES string of the molecule is Cn1nc(C(=O)NCC(O)c2ccccc2)cc1NC(=O)Cc1ccccc1. The van der Waals surface area contributed by atoms with E-state index in [9.17, 15) is 14.7 Å². The van der Waals surface area contributed by atoms with E-state index in [4.69, 9.17) is 0 Å². The summed E-state index contributed by atoms with van der Waals surface area (Å²) in [7, 11) is 1.65. The minimum absolute atomic E-state index is 0.0646. The number of nitrogens with one attached hydrogen (secondary N) is 2. The maximum Gasteiger partial charge on any atom is 0.271 e. The van der Waals surface area contributed by atoms with Crippen LogP contribution in [-0.4, -0.2) is 33.2 Å². The molecule has 0 spiro atoms. The van der Waals surface area contributed by atoms with Crippen molar-refractivity contribution < 1.29 is 14.7 Å². The van der Waals surface area contributed by atoms with Gasteiger partial charge in [0, 0.05) is 19.7 Å². The van der Waals surface area contributed by atoms with Crippen LogP contribution in [0.5, 0.6) is 0 Å². The summed E-state index contributed by atoms with van der Waals surface area (Å²) in [6.07, 6.45) is -0.574. The number of carbonyl (C=O) groups excluding carboxylic acids is 2.